The summed E-state index contributed by atoms with van der Waals surface area (Å²) < 4.78 is 20.9. The lowest BCUT2D eigenvalue weighted by Crippen LogP contribution is -2.20. The normalized spacial score (nSPS) is 10.1. The molecule has 0 aliphatic carbocycles. The van der Waals surface area contributed by atoms with Crippen LogP contribution in [0.15, 0.2) is 54.9 Å². The number of benzene rings is 2. The maximum Gasteiger partial charge on any atom is 0.340 e. The number of nitrogens with one attached hydrogen (secondary N) is 2. The molecule has 0 bridgehead atoms. The highest BCUT2D eigenvalue weighted by atomic mass is 16.5. The maximum absolute atomic E-state index is 13.3. The summed E-state index contributed by atoms with van der Waals surface area (Å²) >= 11 is 0. The van der Waals surface area contributed by atoms with E-state index in [4.69, 9.17) is 18.9 Å². The van der Waals surface area contributed by atoms with Gasteiger partial charge in [-0.05, 0) is 24.3 Å². The Bertz CT molecular complexity index is 1210. The predicted molar refractivity (Wildman–Crippen MR) is 124 cm³/mol. The summed E-state index contributed by atoms with van der Waals surface area (Å²) in [4.78, 5) is 42.3. The first-order valence-corrected chi connectivity index (χ1v) is 9.98. The molecule has 10 nitrogen and oxygen atoms in total. The van der Waals surface area contributed by atoms with Gasteiger partial charge in [-0.25, -0.2) is 4.79 Å². The average molecular weight is 465 g/mol. The molecule has 0 aliphatic rings. The Labute approximate surface area is 195 Å². The number of pyridine rings is 1. The fourth-order valence-electron chi connectivity index (χ4n) is 3.21. The Morgan fingerprint density at radius 2 is 1.53 bits per heavy atom. The van der Waals surface area contributed by atoms with Gasteiger partial charge >= 0.3 is 5.97 Å². The molecule has 0 saturated heterocycles. The van der Waals surface area contributed by atoms with Gasteiger partial charge in [0.25, 0.3) is 11.8 Å². The minimum atomic E-state index is -0.729. The Hall–Kier alpha value is -4.60. The molecular weight excluding hydrogens is 442 g/mol. The number of rotatable bonds is 8. The number of para-hydroxylation sites is 1. The number of carbonyl (C=O) groups is 3. The zero-order valence-electron chi connectivity index (χ0n) is 19.0. The van der Waals surface area contributed by atoms with Crippen molar-refractivity contribution in [3.63, 3.8) is 0 Å². The molecular formula is C24H23N3O7. The number of anilines is 2. The lowest BCUT2D eigenvalue weighted by Gasteiger charge is -2.19. The van der Waals surface area contributed by atoms with Crippen molar-refractivity contribution in [2.75, 3.05) is 39.1 Å². The van der Waals surface area contributed by atoms with Crippen LogP contribution in [-0.2, 0) is 4.74 Å². The summed E-state index contributed by atoms with van der Waals surface area (Å²) in [6.07, 6.45) is 2.96. The van der Waals surface area contributed by atoms with Crippen LogP contribution in [0.5, 0.6) is 17.2 Å². The molecule has 0 unspecified atom stereocenters. The molecule has 0 atom stereocenters. The van der Waals surface area contributed by atoms with E-state index in [-0.39, 0.29) is 39.8 Å². The highest BCUT2D eigenvalue weighted by Crippen LogP contribution is 2.45. The van der Waals surface area contributed by atoms with Crippen molar-refractivity contribution in [1.82, 2.24) is 4.98 Å². The van der Waals surface area contributed by atoms with Crippen molar-refractivity contribution in [1.29, 1.82) is 0 Å². The van der Waals surface area contributed by atoms with Crippen LogP contribution in [-0.4, -0.2) is 51.2 Å². The highest BCUT2D eigenvalue weighted by molar-refractivity contribution is 6.14. The molecule has 0 spiro atoms. The van der Waals surface area contributed by atoms with E-state index >= 15 is 0 Å². The number of hydrogen-bond acceptors (Lipinski definition) is 8. The van der Waals surface area contributed by atoms with E-state index in [1.54, 1.807) is 36.5 Å². The second-order valence-electron chi connectivity index (χ2n) is 6.75. The molecule has 2 N–H and O–H groups in total. The average Bonchev–Trinajstić information content (AvgIpc) is 2.88. The van der Waals surface area contributed by atoms with Gasteiger partial charge in [-0.1, -0.05) is 12.1 Å². The first-order chi connectivity index (χ1) is 16.4. The molecule has 1 heterocycles. The van der Waals surface area contributed by atoms with Crippen molar-refractivity contribution < 1.29 is 33.3 Å². The van der Waals surface area contributed by atoms with Crippen LogP contribution in [0.1, 0.15) is 31.1 Å². The Kier molecular flexibility index (Phi) is 7.65. The predicted octanol–water partition coefficient (Wildman–Crippen LogP) is 3.40. The first-order valence-electron chi connectivity index (χ1n) is 9.98. The van der Waals surface area contributed by atoms with Crippen molar-refractivity contribution in [3.05, 3.63) is 71.5 Å². The molecule has 10 heteroatoms. The molecule has 1 aromatic heterocycles. The van der Waals surface area contributed by atoms with Gasteiger partial charge in [0.1, 0.15) is 5.69 Å². The highest BCUT2D eigenvalue weighted by Gasteiger charge is 2.27. The number of hydrogen-bond donors (Lipinski definition) is 2. The summed E-state index contributed by atoms with van der Waals surface area (Å²) in [6, 6.07) is 11.0. The smallest absolute Gasteiger partial charge is 0.340 e. The number of nitrogens with zero attached hydrogens (tertiary/aromatic N) is 1. The number of esters is 1. The third-order valence-corrected chi connectivity index (χ3v) is 4.82. The zero-order valence-corrected chi connectivity index (χ0v) is 19.0. The van der Waals surface area contributed by atoms with E-state index in [1.807, 2.05) is 0 Å². The monoisotopic (exact) mass is 465 g/mol. The number of methoxy groups -OCH3 is 4. The van der Waals surface area contributed by atoms with Crippen molar-refractivity contribution in [3.8, 4) is 17.2 Å². The standard InChI is InChI=1S/C24H23N3O7/c1-31-18-12-16(24(30)34-4)19(21(33-3)20(18)32-2)27-23(29)15-9-5-6-10-17(15)26-22(28)14-8-7-11-25-13-14/h5-13H,1-4H3,(H,26,28)(H,27,29). The zero-order chi connectivity index (χ0) is 24.7. The van der Waals surface area contributed by atoms with Crippen molar-refractivity contribution in [2.24, 2.45) is 0 Å². The van der Waals surface area contributed by atoms with Gasteiger partial charge in [0.2, 0.25) is 5.75 Å². The maximum atomic E-state index is 13.3. The summed E-state index contributed by atoms with van der Waals surface area (Å²) in [7, 11) is 5.36. The van der Waals surface area contributed by atoms with Crippen LogP contribution < -0.4 is 24.8 Å². The quantitative estimate of drug-likeness (QED) is 0.485. The van der Waals surface area contributed by atoms with Crippen LogP contribution in [0.4, 0.5) is 11.4 Å². The minimum absolute atomic E-state index is 0.0118. The third-order valence-electron chi connectivity index (χ3n) is 4.82. The molecule has 3 rings (SSSR count). The van der Waals surface area contributed by atoms with Crippen LogP contribution in [0, 0.1) is 0 Å². The molecule has 3 aromatic rings. The van der Waals surface area contributed by atoms with Gasteiger partial charge in [-0.3, -0.25) is 14.6 Å². The molecule has 2 amide bonds. The number of amides is 2. The number of aromatic nitrogens is 1. The third kappa shape index (κ3) is 4.90. The van der Waals surface area contributed by atoms with Crippen molar-refractivity contribution >= 4 is 29.2 Å². The Balaban J connectivity index is 2.02. The van der Waals surface area contributed by atoms with Crippen LogP contribution in [0.3, 0.4) is 0 Å². The fraction of sp³-hybridized carbons (Fsp3) is 0.167. The summed E-state index contributed by atoms with van der Waals surface area (Å²) in [5, 5.41) is 5.38. The van der Waals surface area contributed by atoms with E-state index in [2.05, 4.69) is 15.6 Å². The molecule has 176 valence electrons. The topological polar surface area (TPSA) is 125 Å². The summed E-state index contributed by atoms with van der Waals surface area (Å²) in [5.74, 6) is -1.33. The second-order valence-corrected chi connectivity index (χ2v) is 6.75. The van der Waals surface area contributed by atoms with Crippen LogP contribution >= 0.6 is 0 Å². The Morgan fingerprint density at radius 3 is 2.15 bits per heavy atom. The lowest BCUT2D eigenvalue weighted by molar-refractivity contribution is 0.0601. The molecule has 0 fully saturated rings. The molecule has 0 saturated carbocycles. The minimum Gasteiger partial charge on any atom is -0.493 e. The van der Waals surface area contributed by atoms with Gasteiger partial charge in [0.15, 0.2) is 11.5 Å². The van der Waals surface area contributed by atoms with Crippen LogP contribution in [0.25, 0.3) is 0 Å². The molecule has 2 aromatic carbocycles. The van der Waals surface area contributed by atoms with E-state index in [9.17, 15) is 14.4 Å². The van der Waals surface area contributed by atoms with Crippen molar-refractivity contribution in [2.45, 2.75) is 0 Å². The lowest BCUT2D eigenvalue weighted by atomic mass is 10.1. The summed E-state index contributed by atoms with van der Waals surface area (Å²) in [5.41, 5.74) is 0.736. The van der Waals surface area contributed by atoms with Gasteiger partial charge in [0, 0.05) is 18.5 Å². The van der Waals surface area contributed by atoms with E-state index < -0.39 is 17.8 Å². The van der Waals surface area contributed by atoms with E-state index in [1.165, 1.54) is 46.8 Å². The summed E-state index contributed by atoms with van der Waals surface area (Å²) in [6.45, 7) is 0. The molecule has 0 radical (unpaired) electrons. The first kappa shape index (κ1) is 24.1. The number of ether oxygens (including phenoxy) is 4. The largest absolute Gasteiger partial charge is 0.493 e. The van der Waals surface area contributed by atoms with Crippen LogP contribution in [0.2, 0.25) is 0 Å². The van der Waals surface area contributed by atoms with Gasteiger partial charge in [-0.15, -0.1) is 0 Å². The number of carbonyl (C=O) groups excluding carboxylic acids is 3. The van der Waals surface area contributed by atoms with Gasteiger partial charge < -0.3 is 29.6 Å². The van der Waals surface area contributed by atoms with Gasteiger partial charge in [0.05, 0.1) is 50.8 Å². The molecule has 0 aliphatic heterocycles. The fourth-order valence-corrected chi connectivity index (χ4v) is 3.21. The second kappa shape index (κ2) is 10.8. The Morgan fingerprint density at radius 1 is 0.794 bits per heavy atom. The van der Waals surface area contributed by atoms with E-state index in [0.29, 0.717) is 5.56 Å². The van der Waals surface area contributed by atoms with E-state index in [0.717, 1.165) is 0 Å². The van der Waals surface area contributed by atoms with Gasteiger partial charge in [-0.2, -0.15) is 0 Å². The SMILES string of the molecule is COC(=O)c1cc(OC)c(OC)c(OC)c1NC(=O)c1ccccc1NC(=O)c1cccnc1. The molecule has 34 heavy (non-hydrogen) atoms.